The standard InChI is InChI=1S/C18H30N4O2S2/c1-15(25-17-7-5-4-6-8-17)13-20-18(19-2)21-14-16-9-11-22(12-10-16)26(3,23)24/h4-8,15-16H,9-14H2,1-3H3,(H2,19,20,21). The number of hydrogen-bond acceptors (Lipinski definition) is 4. The van der Waals surface area contributed by atoms with Crippen LogP contribution < -0.4 is 10.6 Å². The molecule has 146 valence electrons. The summed E-state index contributed by atoms with van der Waals surface area (Å²) in [5.41, 5.74) is 0. The first-order valence-corrected chi connectivity index (χ1v) is 11.7. The normalized spacial score (nSPS) is 18.5. The van der Waals surface area contributed by atoms with Gasteiger partial charge in [-0.1, -0.05) is 25.1 Å². The second-order valence-corrected chi connectivity index (χ2v) is 10.2. The van der Waals surface area contributed by atoms with Crippen LogP contribution in [0.15, 0.2) is 40.2 Å². The number of piperidine rings is 1. The minimum atomic E-state index is -3.05. The smallest absolute Gasteiger partial charge is 0.211 e. The van der Waals surface area contributed by atoms with Crippen LogP contribution in [0.2, 0.25) is 0 Å². The SMILES string of the molecule is CN=C(NCC1CCN(S(C)(=O)=O)CC1)NCC(C)Sc1ccccc1. The summed E-state index contributed by atoms with van der Waals surface area (Å²) in [5.74, 6) is 1.28. The Bertz CT molecular complexity index is 672. The molecule has 1 aliphatic heterocycles. The average molecular weight is 399 g/mol. The molecule has 26 heavy (non-hydrogen) atoms. The summed E-state index contributed by atoms with van der Waals surface area (Å²) in [6, 6.07) is 10.4. The molecule has 0 aliphatic carbocycles. The van der Waals surface area contributed by atoms with Crippen molar-refractivity contribution in [2.75, 3.05) is 39.5 Å². The molecule has 1 aromatic rings. The van der Waals surface area contributed by atoms with Crippen LogP contribution in [-0.4, -0.2) is 63.4 Å². The first-order chi connectivity index (χ1) is 12.4. The molecule has 1 aliphatic rings. The van der Waals surface area contributed by atoms with Gasteiger partial charge >= 0.3 is 0 Å². The number of sulfonamides is 1. The fourth-order valence-electron chi connectivity index (χ4n) is 2.92. The molecule has 1 unspecified atom stereocenters. The van der Waals surface area contributed by atoms with E-state index in [2.05, 4.69) is 46.8 Å². The molecule has 1 atom stereocenters. The van der Waals surface area contributed by atoms with E-state index < -0.39 is 10.0 Å². The number of aliphatic imine (C=N–C) groups is 1. The third-order valence-corrected chi connectivity index (χ3v) is 6.88. The number of nitrogens with one attached hydrogen (secondary N) is 2. The summed E-state index contributed by atoms with van der Waals surface area (Å²) in [7, 11) is -1.28. The van der Waals surface area contributed by atoms with Gasteiger partial charge in [0.05, 0.1) is 6.26 Å². The highest BCUT2D eigenvalue weighted by atomic mass is 32.2. The number of benzene rings is 1. The molecule has 1 heterocycles. The van der Waals surface area contributed by atoms with Gasteiger partial charge in [0, 0.05) is 43.4 Å². The Balaban J connectivity index is 1.68. The zero-order chi connectivity index (χ0) is 19.0. The van der Waals surface area contributed by atoms with E-state index in [0.717, 1.165) is 31.9 Å². The van der Waals surface area contributed by atoms with Gasteiger partial charge in [-0.3, -0.25) is 4.99 Å². The second-order valence-electron chi connectivity index (χ2n) is 6.68. The number of hydrogen-bond donors (Lipinski definition) is 2. The average Bonchev–Trinajstić information content (AvgIpc) is 2.62. The van der Waals surface area contributed by atoms with Gasteiger partial charge in [0.1, 0.15) is 0 Å². The summed E-state index contributed by atoms with van der Waals surface area (Å²) < 4.78 is 24.7. The van der Waals surface area contributed by atoms with Crippen LogP contribution in [0.3, 0.4) is 0 Å². The van der Waals surface area contributed by atoms with Crippen LogP contribution in [-0.2, 0) is 10.0 Å². The number of rotatable bonds is 7. The summed E-state index contributed by atoms with van der Waals surface area (Å²) in [6.45, 7) is 5.06. The van der Waals surface area contributed by atoms with E-state index in [4.69, 9.17) is 0 Å². The van der Waals surface area contributed by atoms with E-state index in [-0.39, 0.29) is 0 Å². The van der Waals surface area contributed by atoms with Gasteiger partial charge in [-0.25, -0.2) is 12.7 Å². The third kappa shape index (κ3) is 7.17. The minimum absolute atomic E-state index is 0.425. The van der Waals surface area contributed by atoms with Crippen molar-refractivity contribution in [3.63, 3.8) is 0 Å². The fraction of sp³-hybridized carbons (Fsp3) is 0.611. The largest absolute Gasteiger partial charge is 0.356 e. The number of nitrogens with zero attached hydrogens (tertiary/aromatic N) is 2. The minimum Gasteiger partial charge on any atom is -0.356 e. The van der Waals surface area contributed by atoms with E-state index in [9.17, 15) is 8.42 Å². The molecule has 6 nitrogen and oxygen atoms in total. The van der Waals surface area contributed by atoms with Crippen molar-refractivity contribution in [3.05, 3.63) is 30.3 Å². The molecule has 0 spiro atoms. The van der Waals surface area contributed by atoms with E-state index in [0.29, 0.717) is 24.3 Å². The van der Waals surface area contributed by atoms with Crippen molar-refractivity contribution in [1.29, 1.82) is 0 Å². The van der Waals surface area contributed by atoms with Crippen molar-refractivity contribution in [2.24, 2.45) is 10.9 Å². The van der Waals surface area contributed by atoms with Gasteiger partial charge in [0.2, 0.25) is 10.0 Å². The molecule has 0 radical (unpaired) electrons. The molecule has 2 rings (SSSR count). The molecule has 0 bridgehead atoms. The maximum atomic E-state index is 11.6. The number of thioether (sulfide) groups is 1. The summed E-state index contributed by atoms with van der Waals surface area (Å²) in [4.78, 5) is 5.55. The Labute approximate surface area is 161 Å². The highest BCUT2D eigenvalue weighted by Crippen LogP contribution is 2.22. The Morgan fingerprint density at radius 3 is 2.50 bits per heavy atom. The quantitative estimate of drug-likeness (QED) is 0.418. The van der Waals surface area contributed by atoms with Gasteiger partial charge in [0.15, 0.2) is 5.96 Å². The first-order valence-electron chi connectivity index (χ1n) is 9.00. The monoisotopic (exact) mass is 398 g/mol. The van der Waals surface area contributed by atoms with Gasteiger partial charge in [-0.2, -0.15) is 0 Å². The van der Waals surface area contributed by atoms with Crippen molar-refractivity contribution >= 4 is 27.7 Å². The topological polar surface area (TPSA) is 73.8 Å². The molecule has 1 saturated heterocycles. The fourth-order valence-corrected chi connectivity index (χ4v) is 4.74. The van der Waals surface area contributed by atoms with Crippen molar-refractivity contribution in [3.8, 4) is 0 Å². The van der Waals surface area contributed by atoms with Crippen LogP contribution in [0.4, 0.5) is 0 Å². The molecule has 8 heteroatoms. The Kier molecular flexibility index (Phi) is 8.24. The molecule has 0 amide bonds. The van der Waals surface area contributed by atoms with Crippen LogP contribution >= 0.6 is 11.8 Å². The first kappa shape index (κ1) is 21.1. The predicted molar refractivity (Wildman–Crippen MR) is 110 cm³/mol. The highest BCUT2D eigenvalue weighted by Gasteiger charge is 2.24. The van der Waals surface area contributed by atoms with Gasteiger partial charge in [0.25, 0.3) is 0 Å². The summed E-state index contributed by atoms with van der Waals surface area (Å²) >= 11 is 1.84. The van der Waals surface area contributed by atoms with Crippen LogP contribution in [0.1, 0.15) is 19.8 Å². The Morgan fingerprint density at radius 1 is 1.27 bits per heavy atom. The van der Waals surface area contributed by atoms with Crippen molar-refractivity contribution in [2.45, 2.75) is 29.9 Å². The Morgan fingerprint density at radius 2 is 1.92 bits per heavy atom. The summed E-state index contributed by atoms with van der Waals surface area (Å²) in [5, 5.41) is 7.17. The molecule has 0 saturated carbocycles. The zero-order valence-corrected chi connectivity index (χ0v) is 17.4. The lowest BCUT2D eigenvalue weighted by molar-refractivity contribution is 0.275. The third-order valence-electron chi connectivity index (χ3n) is 4.46. The van der Waals surface area contributed by atoms with Crippen molar-refractivity contribution in [1.82, 2.24) is 14.9 Å². The van der Waals surface area contributed by atoms with E-state index in [1.807, 2.05) is 17.8 Å². The predicted octanol–water partition coefficient (Wildman–Crippen LogP) is 2.00. The van der Waals surface area contributed by atoms with Gasteiger partial charge in [-0.05, 0) is 30.9 Å². The van der Waals surface area contributed by atoms with Crippen LogP contribution in [0.5, 0.6) is 0 Å². The molecule has 1 aromatic carbocycles. The number of guanidine groups is 1. The highest BCUT2D eigenvalue weighted by molar-refractivity contribution is 8.00. The molecule has 2 N–H and O–H groups in total. The molecule has 0 aromatic heterocycles. The lowest BCUT2D eigenvalue weighted by atomic mass is 9.98. The van der Waals surface area contributed by atoms with Crippen molar-refractivity contribution < 1.29 is 8.42 Å². The van der Waals surface area contributed by atoms with Gasteiger partial charge in [-0.15, -0.1) is 11.8 Å². The lowest BCUT2D eigenvalue weighted by Crippen LogP contribution is -2.44. The van der Waals surface area contributed by atoms with Crippen LogP contribution in [0, 0.1) is 5.92 Å². The lowest BCUT2D eigenvalue weighted by Gasteiger charge is -2.30. The zero-order valence-electron chi connectivity index (χ0n) is 15.8. The second kappa shape index (κ2) is 10.2. The van der Waals surface area contributed by atoms with E-state index in [1.165, 1.54) is 11.2 Å². The maximum absolute atomic E-state index is 11.6. The Hall–Kier alpha value is -1.25. The maximum Gasteiger partial charge on any atom is 0.211 e. The molecular formula is C18H30N4O2S2. The molecular weight excluding hydrogens is 368 g/mol. The van der Waals surface area contributed by atoms with Gasteiger partial charge < -0.3 is 10.6 Å². The van der Waals surface area contributed by atoms with E-state index in [1.54, 1.807) is 11.4 Å². The molecule has 1 fully saturated rings. The summed E-state index contributed by atoms with van der Waals surface area (Å²) in [6.07, 6.45) is 3.06. The van der Waals surface area contributed by atoms with Crippen LogP contribution in [0.25, 0.3) is 0 Å². The van der Waals surface area contributed by atoms with E-state index >= 15 is 0 Å².